The van der Waals surface area contributed by atoms with Gasteiger partial charge in [-0.1, -0.05) is 55.8 Å². The molecule has 3 aromatic rings. The Balaban J connectivity index is 1.97. The topological polar surface area (TPSA) is 46.9 Å². The van der Waals surface area contributed by atoms with Crippen molar-refractivity contribution in [1.29, 1.82) is 0 Å². The molecule has 0 spiro atoms. The SMILES string of the molecule is CCC(CC)C(=O)NC(C)c1nc2ccccc2n1Cc1ccccc1Cl. The maximum absolute atomic E-state index is 12.6. The van der Waals surface area contributed by atoms with Crippen LogP contribution in [0.4, 0.5) is 0 Å². The summed E-state index contributed by atoms with van der Waals surface area (Å²) in [5, 5.41) is 3.88. The van der Waals surface area contributed by atoms with E-state index in [0.717, 1.165) is 40.3 Å². The summed E-state index contributed by atoms with van der Waals surface area (Å²) in [5.74, 6) is 0.966. The Labute approximate surface area is 165 Å². The number of hydrogen-bond donors (Lipinski definition) is 1. The van der Waals surface area contributed by atoms with Crippen LogP contribution in [0, 0.1) is 5.92 Å². The maximum atomic E-state index is 12.6. The highest BCUT2D eigenvalue weighted by atomic mass is 35.5. The molecule has 3 rings (SSSR count). The quantitative estimate of drug-likeness (QED) is 0.597. The molecule has 1 amide bonds. The van der Waals surface area contributed by atoms with E-state index in [1.54, 1.807) is 0 Å². The first-order chi connectivity index (χ1) is 13.0. The monoisotopic (exact) mass is 383 g/mol. The Bertz CT molecular complexity index is 930. The van der Waals surface area contributed by atoms with Gasteiger partial charge >= 0.3 is 0 Å². The van der Waals surface area contributed by atoms with Gasteiger partial charge in [0.15, 0.2) is 0 Å². The lowest BCUT2D eigenvalue weighted by molar-refractivity contribution is -0.125. The summed E-state index contributed by atoms with van der Waals surface area (Å²) in [6.45, 7) is 6.70. The Kier molecular flexibility index (Phi) is 6.17. The smallest absolute Gasteiger partial charge is 0.223 e. The van der Waals surface area contributed by atoms with Gasteiger partial charge in [0.25, 0.3) is 0 Å². The van der Waals surface area contributed by atoms with E-state index in [0.29, 0.717) is 6.54 Å². The molecule has 0 saturated heterocycles. The molecule has 1 N–H and O–H groups in total. The molecule has 0 aliphatic carbocycles. The minimum absolute atomic E-state index is 0.0360. The number of rotatable bonds is 7. The molecule has 0 bridgehead atoms. The number of carbonyl (C=O) groups excluding carboxylic acids is 1. The zero-order chi connectivity index (χ0) is 19.4. The van der Waals surface area contributed by atoms with Gasteiger partial charge in [0.05, 0.1) is 23.6 Å². The highest BCUT2D eigenvalue weighted by Crippen LogP contribution is 2.25. The number of carbonyl (C=O) groups is 1. The molecule has 1 aromatic heterocycles. The summed E-state index contributed by atoms with van der Waals surface area (Å²) in [5.41, 5.74) is 2.99. The maximum Gasteiger partial charge on any atom is 0.223 e. The fourth-order valence-electron chi connectivity index (χ4n) is 3.44. The molecule has 1 atom stereocenters. The van der Waals surface area contributed by atoms with Gasteiger partial charge in [0.2, 0.25) is 5.91 Å². The van der Waals surface area contributed by atoms with Gasteiger partial charge in [0.1, 0.15) is 5.82 Å². The Morgan fingerprint density at radius 3 is 2.48 bits per heavy atom. The number of aromatic nitrogens is 2. The third-order valence-electron chi connectivity index (χ3n) is 5.07. The number of benzene rings is 2. The predicted octanol–water partition coefficient (Wildman–Crippen LogP) is 5.35. The van der Waals surface area contributed by atoms with Gasteiger partial charge in [-0.2, -0.15) is 0 Å². The predicted molar refractivity (Wildman–Crippen MR) is 111 cm³/mol. The zero-order valence-electron chi connectivity index (χ0n) is 16.1. The fourth-order valence-corrected chi connectivity index (χ4v) is 3.64. The van der Waals surface area contributed by atoms with Crippen LogP contribution in [-0.2, 0) is 11.3 Å². The average molecular weight is 384 g/mol. The van der Waals surface area contributed by atoms with Crippen LogP contribution in [0.25, 0.3) is 11.0 Å². The molecule has 4 nitrogen and oxygen atoms in total. The van der Waals surface area contributed by atoms with Gasteiger partial charge in [-0.25, -0.2) is 4.98 Å². The Morgan fingerprint density at radius 2 is 1.78 bits per heavy atom. The summed E-state index contributed by atoms with van der Waals surface area (Å²) in [6.07, 6.45) is 1.68. The number of nitrogens with one attached hydrogen (secondary N) is 1. The third kappa shape index (κ3) is 4.16. The van der Waals surface area contributed by atoms with E-state index in [1.807, 2.05) is 63.2 Å². The second-order valence-electron chi connectivity index (χ2n) is 6.88. The van der Waals surface area contributed by atoms with Crippen LogP contribution in [0.1, 0.15) is 51.0 Å². The Hall–Kier alpha value is -2.33. The van der Waals surface area contributed by atoms with Crippen LogP contribution in [0.3, 0.4) is 0 Å². The van der Waals surface area contributed by atoms with Crippen molar-refractivity contribution >= 4 is 28.5 Å². The first-order valence-electron chi connectivity index (χ1n) is 9.54. The summed E-state index contributed by atoms with van der Waals surface area (Å²) >= 11 is 6.38. The summed E-state index contributed by atoms with van der Waals surface area (Å²) < 4.78 is 2.15. The van der Waals surface area contributed by atoms with Crippen molar-refractivity contribution in [2.45, 2.75) is 46.2 Å². The van der Waals surface area contributed by atoms with Crippen LogP contribution < -0.4 is 5.32 Å². The molecule has 0 aliphatic rings. The van der Waals surface area contributed by atoms with Crippen molar-refractivity contribution in [2.75, 3.05) is 0 Å². The zero-order valence-corrected chi connectivity index (χ0v) is 16.8. The van der Waals surface area contributed by atoms with E-state index in [-0.39, 0.29) is 17.9 Å². The highest BCUT2D eigenvalue weighted by Gasteiger charge is 2.22. The van der Waals surface area contributed by atoms with Crippen molar-refractivity contribution in [3.05, 3.63) is 64.9 Å². The second kappa shape index (κ2) is 8.57. The molecular formula is C22H26ClN3O. The largest absolute Gasteiger partial charge is 0.346 e. The van der Waals surface area contributed by atoms with Gasteiger partial charge in [0, 0.05) is 10.9 Å². The summed E-state index contributed by atoms with van der Waals surface area (Å²) in [7, 11) is 0. The van der Waals surface area contributed by atoms with Gasteiger partial charge < -0.3 is 9.88 Å². The molecule has 1 unspecified atom stereocenters. The van der Waals surface area contributed by atoms with Crippen molar-refractivity contribution in [3.63, 3.8) is 0 Å². The van der Waals surface area contributed by atoms with Crippen molar-refractivity contribution in [3.8, 4) is 0 Å². The minimum Gasteiger partial charge on any atom is -0.346 e. The first kappa shape index (κ1) is 19.4. The molecule has 5 heteroatoms. The lowest BCUT2D eigenvalue weighted by atomic mass is 10.0. The van der Waals surface area contributed by atoms with E-state index in [2.05, 4.69) is 16.0 Å². The van der Waals surface area contributed by atoms with Gasteiger partial charge in [-0.3, -0.25) is 4.79 Å². The Morgan fingerprint density at radius 1 is 1.11 bits per heavy atom. The number of nitrogens with zero attached hydrogens (tertiary/aromatic N) is 2. The molecule has 0 fully saturated rings. The molecule has 142 valence electrons. The first-order valence-corrected chi connectivity index (χ1v) is 9.91. The van der Waals surface area contributed by atoms with E-state index >= 15 is 0 Å². The van der Waals surface area contributed by atoms with Crippen molar-refractivity contribution in [2.24, 2.45) is 5.92 Å². The molecule has 2 aromatic carbocycles. The van der Waals surface area contributed by atoms with Gasteiger partial charge in [-0.05, 0) is 43.5 Å². The number of para-hydroxylation sites is 2. The van der Waals surface area contributed by atoms with Crippen molar-refractivity contribution in [1.82, 2.24) is 14.9 Å². The molecule has 0 saturated carbocycles. The normalized spacial score (nSPS) is 12.5. The fraction of sp³-hybridized carbons (Fsp3) is 0.364. The summed E-state index contributed by atoms with van der Waals surface area (Å²) in [4.78, 5) is 17.4. The molecule has 1 heterocycles. The lowest BCUT2D eigenvalue weighted by Gasteiger charge is -2.19. The number of fused-ring (bicyclic) bond motifs is 1. The average Bonchev–Trinajstić information content (AvgIpc) is 3.03. The third-order valence-corrected chi connectivity index (χ3v) is 5.44. The van der Waals surface area contributed by atoms with E-state index < -0.39 is 0 Å². The molecule has 0 aliphatic heterocycles. The van der Waals surface area contributed by atoms with E-state index in [1.165, 1.54) is 0 Å². The molecule has 27 heavy (non-hydrogen) atoms. The number of imidazole rings is 1. The van der Waals surface area contributed by atoms with Crippen LogP contribution in [0.15, 0.2) is 48.5 Å². The summed E-state index contributed by atoms with van der Waals surface area (Å²) in [6, 6.07) is 15.7. The molecule has 0 radical (unpaired) electrons. The van der Waals surface area contributed by atoms with E-state index in [9.17, 15) is 4.79 Å². The van der Waals surface area contributed by atoms with Crippen LogP contribution in [0.5, 0.6) is 0 Å². The number of hydrogen-bond acceptors (Lipinski definition) is 2. The van der Waals surface area contributed by atoms with Crippen molar-refractivity contribution < 1.29 is 4.79 Å². The molecular weight excluding hydrogens is 358 g/mol. The second-order valence-corrected chi connectivity index (χ2v) is 7.29. The highest BCUT2D eigenvalue weighted by molar-refractivity contribution is 6.31. The standard InChI is InChI=1S/C22H26ClN3O/c1-4-16(5-2)22(27)24-15(3)21-25-19-12-8-9-13-20(19)26(21)14-17-10-6-7-11-18(17)23/h6-13,15-16H,4-5,14H2,1-3H3,(H,24,27). The van der Waals surface area contributed by atoms with Crippen LogP contribution in [0.2, 0.25) is 5.02 Å². The van der Waals surface area contributed by atoms with Crippen LogP contribution >= 0.6 is 11.6 Å². The minimum atomic E-state index is -0.187. The van der Waals surface area contributed by atoms with Gasteiger partial charge in [-0.15, -0.1) is 0 Å². The van der Waals surface area contributed by atoms with Crippen LogP contribution in [-0.4, -0.2) is 15.5 Å². The number of amides is 1. The lowest BCUT2D eigenvalue weighted by Crippen LogP contribution is -2.33. The number of halogens is 1. The van der Waals surface area contributed by atoms with E-state index in [4.69, 9.17) is 16.6 Å².